The van der Waals surface area contributed by atoms with E-state index in [0.717, 1.165) is 0 Å². The Labute approximate surface area is 228 Å². The number of Topliss-reactive ketones (excluding diaryl/α,β-unsaturated/α-hetero) is 2. The molecule has 3 aromatic rings. The van der Waals surface area contributed by atoms with Gasteiger partial charge in [-0.1, -0.05) is 0 Å². The molecule has 1 N–H and O–H groups in total. The van der Waals surface area contributed by atoms with E-state index in [-0.39, 0.29) is 35.4 Å². The van der Waals surface area contributed by atoms with Gasteiger partial charge in [0, 0.05) is 35.4 Å². The molecule has 0 saturated heterocycles. The third-order valence-electron chi connectivity index (χ3n) is 5.47. The molecule has 0 aliphatic rings. The molecule has 3 aromatic carbocycles. The summed E-state index contributed by atoms with van der Waals surface area (Å²) in [5.74, 6) is -2.32. The summed E-state index contributed by atoms with van der Waals surface area (Å²) in [6.07, 6.45) is -0.506. The smallest absolute Gasteiger partial charge is 0.338 e. The molecule has 0 fully saturated rings. The van der Waals surface area contributed by atoms with Gasteiger partial charge in [-0.15, -0.1) is 0 Å². The van der Waals surface area contributed by atoms with E-state index in [1.165, 1.54) is 55.6 Å². The van der Waals surface area contributed by atoms with E-state index in [0.29, 0.717) is 17.0 Å². The molecule has 3 rings (SSSR count). The minimum absolute atomic E-state index is 0.146. The molecule has 0 radical (unpaired) electrons. The molecule has 1 amide bonds. The first-order chi connectivity index (χ1) is 19.2. The number of amides is 1. The predicted molar refractivity (Wildman–Crippen MR) is 140 cm³/mol. The molecule has 0 aliphatic heterocycles. The van der Waals surface area contributed by atoms with Gasteiger partial charge in [-0.2, -0.15) is 0 Å². The van der Waals surface area contributed by atoms with Gasteiger partial charge in [-0.3, -0.25) is 29.3 Å². The van der Waals surface area contributed by atoms with Crippen LogP contribution >= 0.6 is 0 Å². The number of nitrogens with zero attached hydrogens (tertiary/aromatic N) is 1. The monoisotopic (exact) mass is 548 g/mol. The minimum atomic E-state index is -0.771. The number of benzene rings is 3. The van der Waals surface area contributed by atoms with Crippen molar-refractivity contribution in [3.05, 3.63) is 99.6 Å². The zero-order chi connectivity index (χ0) is 29.1. The SMILES string of the molecule is COc1ccc(C(=O)COC(=O)c2ccc(NC(=O)CCC(=O)OCC(=O)c3ccc([N+](=O)[O-])cc3)cc2)cc1. The fourth-order valence-electron chi connectivity index (χ4n) is 3.27. The second kappa shape index (κ2) is 14.0. The van der Waals surface area contributed by atoms with Crippen LogP contribution in [0.15, 0.2) is 72.8 Å². The Kier molecular flexibility index (Phi) is 10.2. The van der Waals surface area contributed by atoms with Crippen LogP contribution in [0.4, 0.5) is 11.4 Å². The van der Waals surface area contributed by atoms with E-state index in [1.807, 2.05) is 0 Å². The average molecular weight is 549 g/mol. The lowest BCUT2D eigenvalue weighted by Crippen LogP contribution is -2.17. The highest BCUT2D eigenvalue weighted by atomic mass is 16.6. The maximum atomic E-state index is 12.2. The Hall–Kier alpha value is -5.39. The number of non-ortho nitro benzene ring substituents is 1. The van der Waals surface area contributed by atoms with Crippen molar-refractivity contribution >= 4 is 40.8 Å². The molecule has 0 spiro atoms. The number of anilines is 1. The summed E-state index contributed by atoms with van der Waals surface area (Å²) >= 11 is 0. The van der Waals surface area contributed by atoms with Gasteiger partial charge in [-0.25, -0.2) is 4.79 Å². The zero-order valence-electron chi connectivity index (χ0n) is 21.3. The van der Waals surface area contributed by atoms with Crippen LogP contribution in [-0.2, 0) is 19.1 Å². The predicted octanol–water partition coefficient (Wildman–Crippen LogP) is 3.79. The number of rotatable bonds is 13. The van der Waals surface area contributed by atoms with Crippen LogP contribution in [0.5, 0.6) is 5.75 Å². The van der Waals surface area contributed by atoms with Crippen molar-refractivity contribution in [3.63, 3.8) is 0 Å². The number of hydrogen-bond acceptors (Lipinski definition) is 10. The fourth-order valence-corrected chi connectivity index (χ4v) is 3.27. The van der Waals surface area contributed by atoms with Gasteiger partial charge < -0.3 is 19.5 Å². The summed E-state index contributed by atoms with van der Waals surface area (Å²) in [4.78, 5) is 70.6. The number of nitro benzene ring substituents is 1. The lowest BCUT2D eigenvalue weighted by Gasteiger charge is -2.08. The van der Waals surface area contributed by atoms with Gasteiger partial charge in [0.25, 0.3) is 5.69 Å². The normalized spacial score (nSPS) is 10.2. The summed E-state index contributed by atoms with van der Waals surface area (Å²) in [6, 6.07) is 17.0. The van der Waals surface area contributed by atoms with Crippen molar-refractivity contribution in [2.45, 2.75) is 12.8 Å². The van der Waals surface area contributed by atoms with E-state index < -0.39 is 41.8 Å². The molecule has 12 heteroatoms. The zero-order valence-corrected chi connectivity index (χ0v) is 21.3. The van der Waals surface area contributed by atoms with Gasteiger partial charge in [0.05, 0.1) is 24.0 Å². The molecule has 0 saturated carbocycles. The minimum Gasteiger partial charge on any atom is -0.497 e. The average Bonchev–Trinajstić information content (AvgIpc) is 2.97. The number of nitro groups is 1. The lowest BCUT2D eigenvalue weighted by atomic mass is 10.1. The Balaban J connectivity index is 1.38. The maximum Gasteiger partial charge on any atom is 0.338 e. The Morgan fingerprint density at radius 1 is 0.725 bits per heavy atom. The van der Waals surface area contributed by atoms with Gasteiger partial charge in [0.1, 0.15) is 5.75 Å². The standard InChI is InChI=1S/C28H24N2O10/c1-38-23-12-6-19(7-13-23)25(32)17-40-28(35)20-2-8-21(9-3-20)29-26(33)14-15-27(34)39-16-24(31)18-4-10-22(11-5-18)30(36)37/h2-13H,14-17H2,1H3,(H,29,33). The van der Waals surface area contributed by atoms with Crippen LogP contribution in [0.2, 0.25) is 0 Å². The first kappa shape index (κ1) is 29.2. The van der Waals surface area contributed by atoms with Crippen molar-refractivity contribution in [1.29, 1.82) is 0 Å². The van der Waals surface area contributed by atoms with Crippen LogP contribution in [0.3, 0.4) is 0 Å². The molecule has 0 heterocycles. The van der Waals surface area contributed by atoms with Crippen molar-refractivity contribution in [2.75, 3.05) is 25.6 Å². The number of methoxy groups -OCH3 is 1. The quantitative estimate of drug-likeness (QED) is 0.144. The van der Waals surface area contributed by atoms with E-state index in [4.69, 9.17) is 14.2 Å². The molecular weight excluding hydrogens is 524 g/mol. The molecule has 0 unspecified atom stereocenters. The van der Waals surface area contributed by atoms with Gasteiger partial charge >= 0.3 is 11.9 Å². The topological polar surface area (TPSA) is 168 Å². The summed E-state index contributed by atoms with van der Waals surface area (Å²) in [5.41, 5.74) is 0.865. The largest absolute Gasteiger partial charge is 0.497 e. The van der Waals surface area contributed by atoms with Crippen LogP contribution < -0.4 is 10.1 Å². The number of esters is 2. The second-order valence-corrected chi connectivity index (χ2v) is 8.24. The summed E-state index contributed by atoms with van der Waals surface area (Å²) < 4.78 is 15.0. The first-order valence-electron chi connectivity index (χ1n) is 11.8. The second-order valence-electron chi connectivity index (χ2n) is 8.24. The number of carbonyl (C=O) groups excluding carboxylic acids is 5. The van der Waals surface area contributed by atoms with Crippen molar-refractivity contribution < 1.29 is 43.1 Å². The van der Waals surface area contributed by atoms with Gasteiger partial charge in [-0.05, 0) is 60.7 Å². The van der Waals surface area contributed by atoms with Crippen LogP contribution in [-0.4, -0.2) is 54.7 Å². The number of nitrogens with one attached hydrogen (secondary N) is 1. The molecular formula is C28H24N2O10. The molecule has 12 nitrogen and oxygen atoms in total. The van der Waals surface area contributed by atoms with Gasteiger partial charge in [0.15, 0.2) is 24.8 Å². The molecule has 0 aromatic heterocycles. The van der Waals surface area contributed by atoms with E-state index >= 15 is 0 Å². The highest BCUT2D eigenvalue weighted by molar-refractivity contribution is 6.00. The molecule has 0 aliphatic carbocycles. The van der Waals surface area contributed by atoms with Crippen molar-refractivity contribution in [1.82, 2.24) is 0 Å². The summed E-state index contributed by atoms with van der Waals surface area (Å²) in [6.45, 7) is -1.01. The van der Waals surface area contributed by atoms with Crippen LogP contribution in [0, 0.1) is 10.1 Å². The Morgan fingerprint density at radius 2 is 1.25 bits per heavy atom. The van der Waals surface area contributed by atoms with E-state index in [2.05, 4.69) is 5.32 Å². The van der Waals surface area contributed by atoms with Gasteiger partial charge in [0.2, 0.25) is 5.91 Å². The highest BCUT2D eigenvalue weighted by Crippen LogP contribution is 2.15. The summed E-state index contributed by atoms with van der Waals surface area (Å²) in [7, 11) is 1.51. The first-order valence-corrected chi connectivity index (χ1v) is 11.8. The molecule has 0 bridgehead atoms. The van der Waals surface area contributed by atoms with E-state index in [9.17, 15) is 34.1 Å². The van der Waals surface area contributed by atoms with Crippen LogP contribution in [0.1, 0.15) is 43.9 Å². The third-order valence-corrected chi connectivity index (χ3v) is 5.47. The van der Waals surface area contributed by atoms with Crippen molar-refractivity contribution in [2.24, 2.45) is 0 Å². The maximum absolute atomic E-state index is 12.2. The molecule has 40 heavy (non-hydrogen) atoms. The lowest BCUT2D eigenvalue weighted by molar-refractivity contribution is -0.384. The number of ether oxygens (including phenoxy) is 3. The van der Waals surface area contributed by atoms with Crippen LogP contribution in [0.25, 0.3) is 0 Å². The number of ketones is 2. The third kappa shape index (κ3) is 8.58. The number of carbonyl (C=O) groups is 5. The van der Waals surface area contributed by atoms with E-state index in [1.54, 1.807) is 24.3 Å². The summed E-state index contributed by atoms with van der Waals surface area (Å²) in [5, 5.41) is 13.2. The van der Waals surface area contributed by atoms with Crippen molar-refractivity contribution in [3.8, 4) is 5.75 Å². The molecule has 0 atom stereocenters. The number of hydrogen-bond donors (Lipinski definition) is 1. The molecule has 206 valence electrons. The Morgan fingerprint density at radius 3 is 1.80 bits per heavy atom. The Bertz CT molecular complexity index is 1400. The highest BCUT2D eigenvalue weighted by Gasteiger charge is 2.15. The fraction of sp³-hybridized carbons (Fsp3) is 0.179.